The molecule has 0 radical (unpaired) electrons. The Hall–Kier alpha value is -3.00. The second-order valence-corrected chi connectivity index (χ2v) is 8.44. The lowest BCUT2D eigenvalue weighted by Crippen LogP contribution is -2.29. The number of nitrogens with one attached hydrogen (secondary N) is 1. The van der Waals surface area contributed by atoms with E-state index in [9.17, 15) is 4.79 Å². The summed E-state index contributed by atoms with van der Waals surface area (Å²) in [6, 6.07) is 22.5. The van der Waals surface area contributed by atoms with E-state index in [1.165, 1.54) is 0 Å². The molecule has 0 aromatic heterocycles. The highest BCUT2D eigenvalue weighted by molar-refractivity contribution is 9.10. The molecule has 0 bridgehead atoms. The SMILES string of the molecule is O=C1ONN(c2ccc(Br)cc2)C1=C1CC(c2ccc(Cl)cc2)N=c2ccccc2=N1. The number of carbonyl (C=O) groups is 1. The average Bonchev–Trinajstić information content (AvgIpc) is 3.05. The Balaban J connectivity index is 1.69. The molecule has 5 rings (SSSR count). The summed E-state index contributed by atoms with van der Waals surface area (Å²) in [4.78, 5) is 27.6. The number of fused-ring (bicyclic) bond motifs is 1. The summed E-state index contributed by atoms with van der Waals surface area (Å²) in [6.45, 7) is 0. The minimum absolute atomic E-state index is 0.229. The van der Waals surface area contributed by atoms with Crippen LogP contribution in [0.5, 0.6) is 0 Å². The van der Waals surface area contributed by atoms with Gasteiger partial charge in [0.2, 0.25) is 0 Å². The van der Waals surface area contributed by atoms with Crippen LogP contribution < -0.4 is 21.3 Å². The van der Waals surface area contributed by atoms with E-state index in [4.69, 9.17) is 26.4 Å². The Labute approximate surface area is 191 Å². The fourth-order valence-corrected chi connectivity index (χ4v) is 3.96. The number of anilines is 1. The van der Waals surface area contributed by atoms with Crippen LogP contribution >= 0.6 is 27.5 Å². The van der Waals surface area contributed by atoms with Crippen LogP contribution in [-0.4, -0.2) is 5.97 Å². The molecule has 0 amide bonds. The molecule has 1 fully saturated rings. The number of carbonyl (C=O) groups excluding carboxylic acids is 1. The monoisotopic (exact) mass is 494 g/mol. The van der Waals surface area contributed by atoms with Gasteiger partial charge in [-0.05, 0) is 54.1 Å². The first-order valence-corrected chi connectivity index (χ1v) is 10.8. The van der Waals surface area contributed by atoms with Crippen molar-refractivity contribution in [3.05, 3.63) is 110 Å². The van der Waals surface area contributed by atoms with Crippen LogP contribution in [0.25, 0.3) is 0 Å². The van der Waals surface area contributed by atoms with Crippen molar-refractivity contribution >= 4 is 39.2 Å². The molecular formula is C23H16BrClN4O2. The van der Waals surface area contributed by atoms with Gasteiger partial charge in [-0.1, -0.05) is 57.4 Å². The number of nitrogens with zero attached hydrogens (tertiary/aromatic N) is 3. The van der Waals surface area contributed by atoms with Crippen LogP contribution in [0.15, 0.2) is 98.6 Å². The van der Waals surface area contributed by atoms with E-state index in [0.29, 0.717) is 28.2 Å². The number of hydrogen-bond acceptors (Lipinski definition) is 6. The van der Waals surface area contributed by atoms with Gasteiger partial charge in [-0.2, -0.15) is 0 Å². The Morgan fingerprint density at radius 3 is 2.45 bits per heavy atom. The molecule has 6 nitrogen and oxygen atoms in total. The minimum Gasteiger partial charge on any atom is -0.345 e. The van der Waals surface area contributed by atoms with Crippen molar-refractivity contribution in [3.8, 4) is 0 Å². The maximum absolute atomic E-state index is 12.7. The van der Waals surface area contributed by atoms with Crippen LogP contribution in [0, 0.1) is 0 Å². The molecule has 31 heavy (non-hydrogen) atoms. The number of halogens is 2. The highest BCUT2D eigenvalue weighted by Gasteiger charge is 2.34. The maximum Gasteiger partial charge on any atom is 0.378 e. The fraction of sp³-hybridized carbons (Fsp3) is 0.0870. The van der Waals surface area contributed by atoms with Gasteiger partial charge < -0.3 is 4.84 Å². The molecule has 0 spiro atoms. The summed E-state index contributed by atoms with van der Waals surface area (Å²) in [5.41, 5.74) is 5.37. The molecule has 2 heterocycles. The lowest BCUT2D eigenvalue weighted by molar-refractivity contribution is -0.140. The Bertz CT molecular complexity index is 1310. The fourth-order valence-electron chi connectivity index (χ4n) is 3.57. The lowest BCUT2D eigenvalue weighted by atomic mass is 10.0. The second-order valence-electron chi connectivity index (χ2n) is 7.09. The number of hydrogen-bond donors (Lipinski definition) is 1. The molecule has 0 aliphatic carbocycles. The molecule has 3 aromatic carbocycles. The van der Waals surface area contributed by atoms with Crippen LogP contribution in [0.1, 0.15) is 18.0 Å². The highest BCUT2D eigenvalue weighted by Crippen LogP contribution is 2.32. The molecule has 1 saturated heterocycles. The van der Waals surface area contributed by atoms with E-state index in [1.807, 2.05) is 72.8 Å². The molecule has 154 valence electrons. The van der Waals surface area contributed by atoms with Gasteiger partial charge >= 0.3 is 5.97 Å². The van der Waals surface area contributed by atoms with Gasteiger partial charge in [0, 0.05) is 15.9 Å². The molecule has 3 aromatic rings. The van der Waals surface area contributed by atoms with Gasteiger partial charge in [0.05, 0.1) is 28.1 Å². The van der Waals surface area contributed by atoms with E-state index < -0.39 is 5.97 Å². The van der Waals surface area contributed by atoms with Crippen molar-refractivity contribution < 1.29 is 9.63 Å². The van der Waals surface area contributed by atoms with Crippen LogP contribution in [0.2, 0.25) is 5.02 Å². The average molecular weight is 496 g/mol. The molecule has 2 aliphatic rings. The molecule has 1 atom stereocenters. The Morgan fingerprint density at radius 2 is 1.71 bits per heavy atom. The molecular weight excluding hydrogens is 480 g/mol. The normalized spacial score (nSPS) is 20.4. The second kappa shape index (κ2) is 8.26. The highest BCUT2D eigenvalue weighted by atomic mass is 79.9. The maximum atomic E-state index is 12.7. The first-order chi connectivity index (χ1) is 15.1. The molecule has 1 N–H and O–H groups in total. The van der Waals surface area contributed by atoms with Gasteiger partial charge in [-0.25, -0.2) is 14.8 Å². The van der Waals surface area contributed by atoms with Gasteiger partial charge in [-0.3, -0.25) is 4.99 Å². The standard InChI is InChI=1S/C23H16BrClN4O2/c24-15-7-11-17(12-8-15)29-22(23(30)31-28-29)21-13-20(14-5-9-16(25)10-6-14)26-18-3-1-2-4-19(18)27-21/h1-12,20,28H,13H2. The van der Waals surface area contributed by atoms with E-state index in [1.54, 1.807) is 5.01 Å². The summed E-state index contributed by atoms with van der Waals surface area (Å²) in [6.07, 6.45) is 0.426. The van der Waals surface area contributed by atoms with E-state index in [-0.39, 0.29) is 6.04 Å². The van der Waals surface area contributed by atoms with Crippen molar-refractivity contribution in [2.45, 2.75) is 12.5 Å². The summed E-state index contributed by atoms with van der Waals surface area (Å²) < 4.78 is 0.937. The molecule has 1 unspecified atom stereocenters. The van der Waals surface area contributed by atoms with Gasteiger partial charge in [0.1, 0.15) is 0 Å². The van der Waals surface area contributed by atoms with Crippen LogP contribution in [0.4, 0.5) is 5.69 Å². The van der Waals surface area contributed by atoms with Gasteiger partial charge in [0.15, 0.2) is 5.70 Å². The lowest BCUT2D eigenvalue weighted by Gasteiger charge is -2.18. The zero-order valence-electron chi connectivity index (χ0n) is 16.1. The molecule has 0 saturated carbocycles. The van der Waals surface area contributed by atoms with Crippen molar-refractivity contribution in [3.63, 3.8) is 0 Å². The van der Waals surface area contributed by atoms with Gasteiger partial charge in [0.25, 0.3) is 0 Å². The van der Waals surface area contributed by atoms with Crippen molar-refractivity contribution in [1.82, 2.24) is 5.59 Å². The van der Waals surface area contributed by atoms with E-state index >= 15 is 0 Å². The summed E-state index contributed by atoms with van der Waals surface area (Å²) in [7, 11) is 0. The number of para-hydroxylation sites is 2. The van der Waals surface area contributed by atoms with Crippen molar-refractivity contribution in [1.29, 1.82) is 0 Å². The summed E-state index contributed by atoms with van der Waals surface area (Å²) in [5, 5.41) is 3.75. The third kappa shape index (κ3) is 3.99. The smallest absolute Gasteiger partial charge is 0.345 e. The van der Waals surface area contributed by atoms with Crippen LogP contribution in [-0.2, 0) is 9.63 Å². The number of rotatable bonds is 2. The van der Waals surface area contributed by atoms with Crippen molar-refractivity contribution in [2.24, 2.45) is 9.98 Å². The van der Waals surface area contributed by atoms with Crippen LogP contribution in [0.3, 0.4) is 0 Å². The van der Waals surface area contributed by atoms with Crippen molar-refractivity contribution in [2.75, 3.05) is 5.01 Å². The number of benzene rings is 3. The largest absolute Gasteiger partial charge is 0.378 e. The quantitative estimate of drug-likeness (QED) is 0.542. The number of hydrazine groups is 1. The topological polar surface area (TPSA) is 66.3 Å². The third-order valence-corrected chi connectivity index (χ3v) is 5.86. The Morgan fingerprint density at radius 1 is 1.00 bits per heavy atom. The summed E-state index contributed by atoms with van der Waals surface area (Å²) >= 11 is 9.51. The summed E-state index contributed by atoms with van der Waals surface area (Å²) in [5.74, 6) is -0.490. The predicted octanol–water partition coefficient (Wildman–Crippen LogP) is 4.18. The predicted molar refractivity (Wildman–Crippen MR) is 120 cm³/mol. The minimum atomic E-state index is -0.490. The van der Waals surface area contributed by atoms with Gasteiger partial charge in [-0.15, -0.1) is 0 Å². The first-order valence-electron chi connectivity index (χ1n) is 9.61. The zero-order valence-corrected chi connectivity index (χ0v) is 18.5. The zero-order chi connectivity index (χ0) is 21.4. The molecule has 8 heteroatoms. The molecule has 2 aliphatic heterocycles. The third-order valence-electron chi connectivity index (χ3n) is 5.08. The van der Waals surface area contributed by atoms with E-state index in [2.05, 4.69) is 21.5 Å². The Kier molecular flexibility index (Phi) is 5.31. The van der Waals surface area contributed by atoms with E-state index in [0.717, 1.165) is 21.1 Å². The first kappa shape index (κ1) is 19.9.